The van der Waals surface area contributed by atoms with Gasteiger partial charge in [0.1, 0.15) is 12.3 Å². The van der Waals surface area contributed by atoms with Crippen LogP contribution in [0.3, 0.4) is 0 Å². The number of nitrogens with zero attached hydrogens (tertiary/aromatic N) is 3. The molecule has 0 aromatic rings. The fourth-order valence-corrected chi connectivity index (χ4v) is 4.53. The van der Waals surface area contributed by atoms with E-state index in [1.54, 1.807) is 0 Å². The van der Waals surface area contributed by atoms with E-state index in [0.29, 0.717) is 13.0 Å². The molecule has 0 aliphatic carbocycles. The molecule has 0 aromatic heterocycles. The molecule has 6 nitrogen and oxygen atoms in total. The molecule has 0 bridgehead atoms. The van der Waals surface area contributed by atoms with Crippen LogP contribution in [0.25, 0.3) is 10.4 Å². The van der Waals surface area contributed by atoms with Crippen LogP contribution >= 0.6 is 0 Å². The van der Waals surface area contributed by atoms with Crippen LogP contribution in [0.2, 0.25) is 36.3 Å². The van der Waals surface area contributed by atoms with Crippen LogP contribution in [0, 0.1) is 0 Å². The zero-order valence-electron chi connectivity index (χ0n) is 17.7. The average molecular weight is 388 g/mol. The van der Waals surface area contributed by atoms with Crippen LogP contribution in [0.5, 0.6) is 0 Å². The van der Waals surface area contributed by atoms with Gasteiger partial charge < -0.3 is 13.6 Å². The molecule has 146 valence electrons. The van der Waals surface area contributed by atoms with Gasteiger partial charge in [-0.1, -0.05) is 46.7 Å². The number of hydrogen-bond acceptors (Lipinski definition) is 4. The normalized spacial score (nSPS) is 25.8. The molecular weight excluding hydrogens is 350 g/mol. The summed E-state index contributed by atoms with van der Waals surface area (Å²) in [5.41, 5.74) is 8.75. The van der Waals surface area contributed by atoms with Crippen molar-refractivity contribution in [2.45, 2.75) is 103 Å². The highest BCUT2D eigenvalue weighted by molar-refractivity contribution is 6.74. The Bertz CT molecular complexity index is 506. The van der Waals surface area contributed by atoms with Gasteiger partial charge in [0.25, 0.3) is 0 Å². The standard InChI is InChI=1S/C17H37N3O3Si2/c1-16(2,3)24(7,8)21-12-14-13(11-15(22-14)19-20-18)23-25(9,10)17(4,5)6/h13-15H,11-12H2,1-10H3/t13-,14+,15+/m0/s1. The Morgan fingerprint density at radius 1 is 1.04 bits per heavy atom. The Kier molecular flexibility index (Phi) is 6.98. The second kappa shape index (κ2) is 7.70. The van der Waals surface area contributed by atoms with Crippen LogP contribution in [0.15, 0.2) is 5.11 Å². The quantitative estimate of drug-likeness (QED) is 0.249. The lowest BCUT2D eigenvalue weighted by Crippen LogP contribution is -2.48. The van der Waals surface area contributed by atoms with Crippen molar-refractivity contribution in [1.29, 1.82) is 0 Å². The zero-order chi connectivity index (χ0) is 19.7. The number of azide groups is 1. The van der Waals surface area contributed by atoms with E-state index in [1.165, 1.54) is 0 Å². The summed E-state index contributed by atoms with van der Waals surface area (Å²) in [6, 6.07) is 0. The van der Waals surface area contributed by atoms with E-state index in [4.69, 9.17) is 19.1 Å². The smallest absolute Gasteiger partial charge is 0.192 e. The molecule has 0 unspecified atom stereocenters. The van der Waals surface area contributed by atoms with Crippen molar-refractivity contribution in [1.82, 2.24) is 0 Å². The maximum Gasteiger partial charge on any atom is 0.192 e. The Hall–Kier alpha value is -0.376. The predicted octanol–water partition coefficient (Wildman–Crippen LogP) is 5.82. The second-order valence-corrected chi connectivity index (χ2v) is 19.6. The summed E-state index contributed by atoms with van der Waals surface area (Å²) in [5, 5.41) is 4.02. The monoisotopic (exact) mass is 387 g/mol. The molecule has 0 amide bonds. The lowest BCUT2D eigenvalue weighted by Gasteiger charge is -2.40. The van der Waals surface area contributed by atoms with Gasteiger partial charge in [0, 0.05) is 11.3 Å². The maximum absolute atomic E-state index is 8.75. The molecule has 1 aliphatic rings. The van der Waals surface area contributed by atoms with Crippen LogP contribution in [0.1, 0.15) is 48.0 Å². The SMILES string of the molecule is CC(C)(C)[Si](C)(C)OC[C@H]1O[C@@H](N=[N+]=[N-])C[C@@H]1O[Si](C)(C)C(C)(C)C. The van der Waals surface area contributed by atoms with Gasteiger partial charge in [-0.25, -0.2) is 0 Å². The molecule has 8 heteroatoms. The van der Waals surface area contributed by atoms with Gasteiger partial charge in [-0.15, -0.1) is 0 Å². The van der Waals surface area contributed by atoms with Crippen LogP contribution in [-0.4, -0.2) is 41.7 Å². The molecule has 3 atom stereocenters. The van der Waals surface area contributed by atoms with Crippen molar-refractivity contribution in [2.75, 3.05) is 6.61 Å². The first kappa shape index (κ1) is 22.7. The molecule has 0 spiro atoms. The maximum atomic E-state index is 8.75. The Morgan fingerprint density at radius 3 is 2.00 bits per heavy atom. The fourth-order valence-electron chi connectivity index (χ4n) is 2.16. The molecule has 1 saturated heterocycles. The molecule has 1 heterocycles. The Morgan fingerprint density at radius 2 is 1.56 bits per heavy atom. The largest absolute Gasteiger partial charge is 0.414 e. The van der Waals surface area contributed by atoms with E-state index >= 15 is 0 Å². The summed E-state index contributed by atoms with van der Waals surface area (Å²) >= 11 is 0. The molecule has 1 fully saturated rings. The van der Waals surface area contributed by atoms with Crippen molar-refractivity contribution >= 4 is 16.6 Å². The topological polar surface area (TPSA) is 76.5 Å². The van der Waals surface area contributed by atoms with Crippen LogP contribution in [-0.2, 0) is 13.6 Å². The first-order valence-corrected chi connectivity index (χ1v) is 14.9. The number of hydrogen-bond donors (Lipinski definition) is 0. The summed E-state index contributed by atoms with van der Waals surface area (Å²) in [5.74, 6) is 0. The third-order valence-electron chi connectivity index (χ3n) is 6.03. The summed E-state index contributed by atoms with van der Waals surface area (Å²) in [4.78, 5) is 2.90. The van der Waals surface area contributed by atoms with Crippen LogP contribution < -0.4 is 0 Å². The predicted molar refractivity (Wildman–Crippen MR) is 108 cm³/mol. The van der Waals surface area contributed by atoms with E-state index < -0.39 is 22.9 Å². The van der Waals surface area contributed by atoms with Crippen LogP contribution in [0.4, 0.5) is 0 Å². The van der Waals surface area contributed by atoms with Gasteiger partial charge in [0.15, 0.2) is 16.6 Å². The second-order valence-electron chi connectivity index (χ2n) is 10.1. The van der Waals surface area contributed by atoms with E-state index in [1.807, 2.05) is 0 Å². The molecule has 0 N–H and O–H groups in total. The van der Waals surface area contributed by atoms with Crippen molar-refractivity contribution in [3.05, 3.63) is 10.4 Å². The van der Waals surface area contributed by atoms with Gasteiger partial charge >= 0.3 is 0 Å². The molecular formula is C17H37N3O3Si2. The minimum Gasteiger partial charge on any atom is -0.414 e. The fraction of sp³-hybridized carbons (Fsp3) is 1.00. The highest BCUT2D eigenvalue weighted by atomic mass is 28.4. The minimum atomic E-state index is -1.93. The summed E-state index contributed by atoms with van der Waals surface area (Å²) in [6.45, 7) is 22.8. The van der Waals surface area contributed by atoms with E-state index in [9.17, 15) is 0 Å². The van der Waals surface area contributed by atoms with E-state index in [-0.39, 0.29) is 22.3 Å². The summed E-state index contributed by atoms with van der Waals surface area (Å²) < 4.78 is 18.9. The van der Waals surface area contributed by atoms with Crippen molar-refractivity contribution < 1.29 is 13.6 Å². The lowest BCUT2D eigenvalue weighted by atomic mass is 10.2. The summed E-state index contributed by atoms with van der Waals surface area (Å²) in [7, 11) is -3.80. The summed E-state index contributed by atoms with van der Waals surface area (Å²) in [6.07, 6.45) is -0.130. The van der Waals surface area contributed by atoms with Crippen molar-refractivity contribution in [2.24, 2.45) is 5.11 Å². The van der Waals surface area contributed by atoms with E-state index in [2.05, 4.69) is 77.8 Å². The number of ether oxygens (including phenoxy) is 1. The highest BCUT2D eigenvalue weighted by Crippen LogP contribution is 2.41. The molecule has 0 radical (unpaired) electrons. The lowest BCUT2D eigenvalue weighted by molar-refractivity contribution is -0.0136. The highest BCUT2D eigenvalue weighted by Gasteiger charge is 2.46. The van der Waals surface area contributed by atoms with Gasteiger partial charge in [-0.2, -0.15) is 0 Å². The Balaban J connectivity index is 2.88. The molecule has 1 rings (SSSR count). The van der Waals surface area contributed by atoms with Gasteiger partial charge in [-0.05, 0) is 41.8 Å². The van der Waals surface area contributed by atoms with Gasteiger partial charge in [0.2, 0.25) is 0 Å². The molecule has 0 aromatic carbocycles. The average Bonchev–Trinajstić information content (AvgIpc) is 2.75. The third kappa shape index (κ3) is 5.80. The van der Waals surface area contributed by atoms with Crippen molar-refractivity contribution in [3.63, 3.8) is 0 Å². The zero-order valence-corrected chi connectivity index (χ0v) is 19.7. The molecule has 0 saturated carbocycles. The van der Waals surface area contributed by atoms with Gasteiger partial charge in [-0.3, -0.25) is 0 Å². The van der Waals surface area contributed by atoms with E-state index in [0.717, 1.165) is 0 Å². The van der Waals surface area contributed by atoms with Crippen molar-refractivity contribution in [3.8, 4) is 0 Å². The third-order valence-corrected chi connectivity index (χ3v) is 15.0. The van der Waals surface area contributed by atoms with Gasteiger partial charge in [0.05, 0.1) is 12.7 Å². The minimum absolute atomic E-state index is 0.0823. The Labute approximate surface area is 155 Å². The first-order valence-electron chi connectivity index (χ1n) is 9.12. The molecule has 1 aliphatic heterocycles. The molecule has 25 heavy (non-hydrogen) atoms. The number of rotatable bonds is 6. The first-order chi connectivity index (χ1) is 11.1.